The van der Waals surface area contributed by atoms with Crippen molar-refractivity contribution in [1.82, 2.24) is 4.57 Å². The fourth-order valence-electron chi connectivity index (χ4n) is 2.84. The Morgan fingerprint density at radius 1 is 1.11 bits per heavy atom. The molecule has 28 heavy (non-hydrogen) atoms. The predicted octanol–water partition coefficient (Wildman–Crippen LogP) is 5.00. The Bertz CT molecular complexity index is 1040. The maximum Gasteiger partial charge on any atom is 0.194 e. The van der Waals surface area contributed by atoms with Gasteiger partial charge < -0.3 is 20.0 Å². The Labute approximate surface area is 164 Å². The van der Waals surface area contributed by atoms with Crippen LogP contribution in [0.5, 0.6) is 0 Å². The first-order chi connectivity index (χ1) is 13.6. The van der Waals surface area contributed by atoms with Crippen LogP contribution >= 0.6 is 0 Å². The van der Waals surface area contributed by atoms with Crippen LogP contribution in [0.15, 0.2) is 83.8 Å². The Morgan fingerprint density at radius 2 is 1.75 bits per heavy atom. The summed E-state index contributed by atoms with van der Waals surface area (Å²) in [5, 5.41) is 11.1. The average Bonchev–Trinajstić information content (AvgIpc) is 2.69. The molecule has 0 aliphatic heterocycles. The number of benzene rings is 2. The molecule has 0 radical (unpaired) electrons. The molecule has 0 amide bonds. The highest BCUT2D eigenvalue weighted by molar-refractivity contribution is 5.95. The van der Waals surface area contributed by atoms with E-state index < -0.39 is 0 Å². The maximum absolute atomic E-state index is 12.9. The lowest BCUT2D eigenvalue weighted by Crippen LogP contribution is -2.16. The summed E-state index contributed by atoms with van der Waals surface area (Å²) in [7, 11) is 0. The van der Waals surface area contributed by atoms with Gasteiger partial charge in [0.1, 0.15) is 11.6 Å². The van der Waals surface area contributed by atoms with Crippen molar-refractivity contribution in [3.63, 3.8) is 0 Å². The molecule has 0 saturated carbocycles. The summed E-state index contributed by atoms with van der Waals surface area (Å²) in [5.41, 5.74) is 2.35. The molecule has 0 fully saturated rings. The van der Waals surface area contributed by atoms with E-state index in [9.17, 15) is 4.79 Å². The van der Waals surface area contributed by atoms with Crippen molar-refractivity contribution in [3.8, 4) is 5.69 Å². The number of nitrogens with one attached hydrogen (secondary N) is 2. The van der Waals surface area contributed by atoms with Gasteiger partial charge in [-0.1, -0.05) is 36.4 Å². The second kappa shape index (κ2) is 8.86. The first-order valence-electron chi connectivity index (χ1n) is 9.12. The Morgan fingerprint density at radius 3 is 2.36 bits per heavy atom. The van der Waals surface area contributed by atoms with Gasteiger partial charge in [-0.15, -0.1) is 0 Å². The molecule has 0 unspecified atom stereocenters. The number of anilines is 2. The first kappa shape index (κ1) is 19.2. The van der Waals surface area contributed by atoms with E-state index >= 15 is 0 Å². The Balaban J connectivity index is 2.17. The van der Waals surface area contributed by atoms with Gasteiger partial charge in [0.05, 0.1) is 12.2 Å². The lowest BCUT2D eigenvalue weighted by Gasteiger charge is -2.18. The number of allylic oxidation sites excluding steroid dienone is 1. The standard InChI is InChI=1S/C23H23N3O2/c1-3-28-22(14-17(2)24)20-16-26(19-12-8-5-9-13-19)23(15-21(20)27)25-18-10-6-4-7-11-18/h4-16,24-25H,3H2,1-2H3/b22-14+,24-17?. The van der Waals surface area contributed by atoms with Crippen LogP contribution in [0.4, 0.5) is 11.5 Å². The number of pyridine rings is 1. The van der Waals surface area contributed by atoms with Crippen LogP contribution in [0.3, 0.4) is 0 Å². The number of aromatic nitrogens is 1. The molecule has 2 aromatic carbocycles. The molecule has 0 spiro atoms. The van der Waals surface area contributed by atoms with Gasteiger partial charge in [-0.2, -0.15) is 0 Å². The van der Waals surface area contributed by atoms with Crippen molar-refractivity contribution in [1.29, 1.82) is 5.41 Å². The molecule has 2 N–H and O–H groups in total. The minimum Gasteiger partial charge on any atom is -0.493 e. The Kier molecular flexibility index (Phi) is 6.07. The van der Waals surface area contributed by atoms with Crippen LogP contribution in [-0.2, 0) is 4.74 Å². The summed E-state index contributed by atoms with van der Waals surface area (Å²) in [5.74, 6) is 1.05. The molecule has 5 heteroatoms. The van der Waals surface area contributed by atoms with Crippen LogP contribution in [0, 0.1) is 5.41 Å². The van der Waals surface area contributed by atoms with E-state index in [0.717, 1.165) is 11.4 Å². The SMILES string of the molecule is CCO/C(=C/C(C)=N)c1cn(-c2ccccc2)c(Nc2ccccc2)cc1=O. The van der Waals surface area contributed by atoms with E-state index in [4.69, 9.17) is 10.1 Å². The van der Waals surface area contributed by atoms with E-state index in [1.54, 1.807) is 25.3 Å². The third kappa shape index (κ3) is 4.57. The van der Waals surface area contributed by atoms with Gasteiger partial charge in [-0.05, 0) is 38.1 Å². The number of para-hydroxylation sites is 2. The van der Waals surface area contributed by atoms with Crippen molar-refractivity contribution in [2.24, 2.45) is 0 Å². The summed E-state index contributed by atoms with van der Waals surface area (Å²) in [6, 6.07) is 21.0. The van der Waals surface area contributed by atoms with Crippen LogP contribution < -0.4 is 10.7 Å². The highest BCUT2D eigenvalue weighted by Crippen LogP contribution is 2.22. The topological polar surface area (TPSA) is 67.1 Å². The highest BCUT2D eigenvalue weighted by atomic mass is 16.5. The third-order valence-electron chi connectivity index (χ3n) is 4.04. The van der Waals surface area contributed by atoms with Crippen molar-refractivity contribution in [2.45, 2.75) is 13.8 Å². The second-order valence-corrected chi connectivity index (χ2v) is 6.26. The molecule has 5 nitrogen and oxygen atoms in total. The van der Waals surface area contributed by atoms with E-state index in [0.29, 0.717) is 29.5 Å². The van der Waals surface area contributed by atoms with Gasteiger partial charge in [-0.3, -0.25) is 4.79 Å². The molecule has 1 heterocycles. The number of nitrogens with zero attached hydrogens (tertiary/aromatic N) is 1. The molecule has 3 rings (SSSR count). The molecule has 0 atom stereocenters. The Hall–Kier alpha value is -3.60. The van der Waals surface area contributed by atoms with Gasteiger partial charge in [-0.25, -0.2) is 0 Å². The maximum atomic E-state index is 12.9. The van der Waals surface area contributed by atoms with Crippen LogP contribution in [-0.4, -0.2) is 16.9 Å². The summed E-state index contributed by atoms with van der Waals surface area (Å²) in [6.45, 7) is 3.92. The van der Waals surface area contributed by atoms with Crippen molar-refractivity contribution < 1.29 is 4.74 Å². The molecule has 0 aliphatic carbocycles. The molecular weight excluding hydrogens is 350 g/mol. The van der Waals surface area contributed by atoms with Crippen molar-refractivity contribution in [2.75, 3.05) is 11.9 Å². The minimum atomic E-state index is -0.174. The number of rotatable bonds is 7. The van der Waals surface area contributed by atoms with Gasteiger partial charge in [0, 0.05) is 35.4 Å². The molecule has 0 bridgehead atoms. The number of ether oxygens (including phenoxy) is 1. The van der Waals surface area contributed by atoms with Crippen LogP contribution in [0.25, 0.3) is 11.4 Å². The monoisotopic (exact) mass is 373 g/mol. The lowest BCUT2D eigenvalue weighted by atomic mass is 10.1. The molecule has 142 valence electrons. The number of hydrogen-bond acceptors (Lipinski definition) is 4. The summed E-state index contributed by atoms with van der Waals surface area (Å²) >= 11 is 0. The molecule has 0 aliphatic rings. The third-order valence-corrected chi connectivity index (χ3v) is 4.04. The van der Waals surface area contributed by atoms with Crippen molar-refractivity contribution in [3.05, 3.63) is 94.8 Å². The van der Waals surface area contributed by atoms with Crippen molar-refractivity contribution >= 4 is 23.0 Å². The van der Waals surface area contributed by atoms with E-state index in [-0.39, 0.29) is 5.43 Å². The van der Waals surface area contributed by atoms with Gasteiger partial charge in [0.25, 0.3) is 0 Å². The number of hydrogen-bond donors (Lipinski definition) is 2. The van der Waals surface area contributed by atoms with Crippen LogP contribution in [0.1, 0.15) is 19.4 Å². The zero-order chi connectivity index (χ0) is 19.9. The fourth-order valence-corrected chi connectivity index (χ4v) is 2.84. The van der Waals surface area contributed by atoms with Gasteiger partial charge in [0.15, 0.2) is 5.43 Å². The lowest BCUT2D eigenvalue weighted by molar-refractivity contribution is 0.298. The fraction of sp³-hybridized carbons (Fsp3) is 0.130. The smallest absolute Gasteiger partial charge is 0.194 e. The van der Waals surface area contributed by atoms with E-state index in [1.165, 1.54) is 0 Å². The zero-order valence-corrected chi connectivity index (χ0v) is 16.0. The molecule has 1 aromatic heterocycles. The summed E-state index contributed by atoms with van der Waals surface area (Å²) in [4.78, 5) is 12.9. The quantitative estimate of drug-likeness (QED) is 0.452. The highest BCUT2D eigenvalue weighted by Gasteiger charge is 2.13. The van der Waals surface area contributed by atoms with Gasteiger partial charge >= 0.3 is 0 Å². The summed E-state index contributed by atoms with van der Waals surface area (Å²) in [6.07, 6.45) is 3.33. The second-order valence-electron chi connectivity index (χ2n) is 6.26. The van der Waals surface area contributed by atoms with Crippen LogP contribution in [0.2, 0.25) is 0 Å². The molecular formula is C23H23N3O2. The zero-order valence-electron chi connectivity index (χ0n) is 16.0. The van der Waals surface area contributed by atoms with E-state index in [1.807, 2.05) is 72.2 Å². The normalized spacial score (nSPS) is 11.1. The van der Waals surface area contributed by atoms with E-state index in [2.05, 4.69) is 5.32 Å². The first-order valence-corrected chi connectivity index (χ1v) is 9.12. The average molecular weight is 373 g/mol. The largest absolute Gasteiger partial charge is 0.493 e. The molecule has 0 saturated heterocycles. The minimum absolute atomic E-state index is 0.174. The van der Waals surface area contributed by atoms with Gasteiger partial charge in [0.2, 0.25) is 0 Å². The summed E-state index contributed by atoms with van der Waals surface area (Å²) < 4.78 is 7.57. The predicted molar refractivity (Wildman–Crippen MR) is 115 cm³/mol. The molecule has 3 aromatic rings.